The molecule has 3 rings (SSSR count). The molecule has 1 saturated carbocycles. The molecule has 0 aromatic heterocycles. The second kappa shape index (κ2) is 5.51. The smallest absolute Gasteiger partial charge is 0.308 e. The number of nitrogens with zero attached hydrogens (tertiary/aromatic N) is 1. The fourth-order valence-electron chi connectivity index (χ4n) is 3.43. The number of aryl methyl sites for hydroxylation is 1. The molecule has 2 aliphatic rings. The van der Waals surface area contributed by atoms with E-state index in [2.05, 4.69) is 19.1 Å². The number of piperidine rings is 1. The van der Waals surface area contributed by atoms with Crippen LogP contribution in [0.2, 0.25) is 0 Å². The van der Waals surface area contributed by atoms with Crippen molar-refractivity contribution in [1.29, 1.82) is 0 Å². The first-order chi connectivity index (χ1) is 10.1. The van der Waals surface area contributed by atoms with Gasteiger partial charge in [0.05, 0.1) is 5.92 Å². The summed E-state index contributed by atoms with van der Waals surface area (Å²) in [7, 11) is 0. The van der Waals surface area contributed by atoms with Crippen LogP contribution in [0.25, 0.3) is 0 Å². The molecule has 112 valence electrons. The molecule has 3 atom stereocenters. The average molecular weight is 287 g/mol. The van der Waals surface area contributed by atoms with E-state index in [-0.39, 0.29) is 11.8 Å². The minimum Gasteiger partial charge on any atom is -0.481 e. The van der Waals surface area contributed by atoms with Gasteiger partial charge in [0.25, 0.3) is 0 Å². The molecule has 1 aliphatic carbocycles. The summed E-state index contributed by atoms with van der Waals surface area (Å²) in [6, 6.07) is 8.21. The Morgan fingerprint density at radius 1 is 1.29 bits per heavy atom. The number of carbonyl (C=O) groups is 2. The van der Waals surface area contributed by atoms with Crippen LogP contribution in [-0.4, -0.2) is 35.0 Å². The van der Waals surface area contributed by atoms with Crippen LogP contribution in [0.3, 0.4) is 0 Å². The summed E-state index contributed by atoms with van der Waals surface area (Å²) in [5.74, 6) is -0.645. The van der Waals surface area contributed by atoms with Gasteiger partial charge in [-0.2, -0.15) is 0 Å². The molecule has 0 radical (unpaired) electrons. The highest BCUT2D eigenvalue weighted by atomic mass is 16.4. The van der Waals surface area contributed by atoms with Gasteiger partial charge in [0.15, 0.2) is 0 Å². The van der Waals surface area contributed by atoms with E-state index in [0.29, 0.717) is 25.4 Å². The fraction of sp³-hybridized carbons (Fsp3) is 0.529. The standard InChI is InChI=1S/C17H21NO3/c1-11-5-2-3-7-13(11)14-9-15(14)16(19)18-8-4-6-12(10-18)17(20)21/h2-3,5,7,12,14-15H,4,6,8-10H2,1H3,(H,20,21)/t12-,14+,15-/m1/s1. The Balaban J connectivity index is 1.65. The number of aliphatic carboxylic acids is 1. The van der Waals surface area contributed by atoms with Gasteiger partial charge in [0.2, 0.25) is 5.91 Å². The van der Waals surface area contributed by atoms with Crippen LogP contribution in [0.5, 0.6) is 0 Å². The molecule has 4 nitrogen and oxygen atoms in total. The van der Waals surface area contributed by atoms with E-state index in [1.54, 1.807) is 4.90 Å². The van der Waals surface area contributed by atoms with E-state index in [1.165, 1.54) is 11.1 Å². The number of carboxylic acids is 1. The monoisotopic (exact) mass is 287 g/mol. The topological polar surface area (TPSA) is 57.6 Å². The molecule has 0 unspecified atom stereocenters. The van der Waals surface area contributed by atoms with Crippen LogP contribution < -0.4 is 0 Å². The Morgan fingerprint density at radius 3 is 2.76 bits per heavy atom. The third-order valence-electron chi connectivity index (χ3n) is 4.78. The molecule has 1 aliphatic heterocycles. The van der Waals surface area contributed by atoms with Crippen molar-refractivity contribution >= 4 is 11.9 Å². The molecule has 4 heteroatoms. The lowest BCUT2D eigenvalue weighted by Gasteiger charge is -2.31. The van der Waals surface area contributed by atoms with E-state index in [4.69, 9.17) is 5.11 Å². The number of likely N-dealkylation sites (tertiary alicyclic amines) is 1. The number of amides is 1. The number of benzene rings is 1. The van der Waals surface area contributed by atoms with Crippen molar-refractivity contribution in [2.45, 2.75) is 32.1 Å². The Kier molecular flexibility index (Phi) is 3.70. The van der Waals surface area contributed by atoms with Crippen LogP contribution in [0.4, 0.5) is 0 Å². The molecular formula is C17H21NO3. The third kappa shape index (κ3) is 2.80. The summed E-state index contributed by atoms with van der Waals surface area (Å²) in [6.45, 7) is 3.17. The predicted molar refractivity (Wildman–Crippen MR) is 79.0 cm³/mol. The van der Waals surface area contributed by atoms with Gasteiger partial charge in [-0.25, -0.2) is 0 Å². The van der Waals surface area contributed by atoms with Crippen LogP contribution >= 0.6 is 0 Å². The second-order valence-corrected chi connectivity index (χ2v) is 6.27. The molecule has 2 fully saturated rings. The Morgan fingerprint density at radius 2 is 2.05 bits per heavy atom. The molecule has 0 spiro atoms. The largest absolute Gasteiger partial charge is 0.481 e. The van der Waals surface area contributed by atoms with Crippen molar-refractivity contribution < 1.29 is 14.7 Å². The zero-order chi connectivity index (χ0) is 15.0. The normalized spacial score (nSPS) is 28.2. The maximum absolute atomic E-state index is 12.6. The number of carboxylic acid groups (broad SMARTS) is 1. The number of hydrogen-bond donors (Lipinski definition) is 1. The van der Waals surface area contributed by atoms with Crippen LogP contribution in [0, 0.1) is 18.8 Å². The molecule has 1 aromatic rings. The van der Waals surface area contributed by atoms with Crippen LogP contribution in [0.15, 0.2) is 24.3 Å². The lowest BCUT2D eigenvalue weighted by molar-refractivity contribution is -0.146. The first-order valence-electron chi connectivity index (χ1n) is 7.65. The van der Waals surface area contributed by atoms with Crippen LogP contribution in [-0.2, 0) is 9.59 Å². The first-order valence-corrected chi connectivity index (χ1v) is 7.65. The molecule has 1 saturated heterocycles. The maximum Gasteiger partial charge on any atom is 0.308 e. The van der Waals surface area contributed by atoms with Crippen molar-refractivity contribution in [1.82, 2.24) is 4.90 Å². The second-order valence-electron chi connectivity index (χ2n) is 6.27. The summed E-state index contributed by atoms with van der Waals surface area (Å²) in [5, 5.41) is 9.12. The summed E-state index contributed by atoms with van der Waals surface area (Å²) in [5.41, 5.74) is 2.50. The molecule has 0 bridgehead atoms. The van der Waals surface area contributed by atoms with E-state index < -0.39 is 11.9 Å². The Bertz CT molecular complexity index is 569. The lowest BCUT2D eigenvalue weighted by Crippen LogP contribution is -2.43. The van der Waals surface area contributed by atoms with Gasteiger partial charge in [-0.15, -0.1) is 0 Å². The van der Waals surface area contributed by atoms with Gasteiger partial charge in [0.1, 0.15) is 0 Å². The van der Waals surface area contributed by atoms with Gasteiger partial charge in [-0.3, -0.25) is 9.59 Å². The van der Waals surface area contributed by atoms with E-state index in [0.717, 1.165) is 12.8 Å². The summed E-state index contributed by atoms with van der Waals surface area (Å²) >= 11 is 0. The molecule has 21 heavy (non-hydrogen) atoms. The van der Waals surface area contributed by atoms with E-state index in [9.17, 15) is 9.59 Å². The summed E-state index contributed by atoms with van der Waals surface area (Å²) in [6.07, 6.45) is 2.38. The highest BCUT2D eigenvalue weighted by molar-refractivity contribution is 5.84. The average Bonchev–Trinajstić information content (AvgIpc) is 3.27. The summed E-state index contributed by atoms with van der Waals surface area (Å²) in [4.78, 5) is 25.4. The molecular weight excluding hydrogens is 266 g/mol. The van der Waals surface area contributed by atoms with Crippen molar-refractivity contribution in [3.63, 3.8) is 0 Å². The highest BCUT2D eigenvalue weighted by Crippen LogP contribution is 2.49. The fourth-order valence-corrected chi connectivity index (χ4v) is 3.43. The zero-order valence-electron chi connectivity index (χ0n) is 12.3. The first kappa shape index (κ1) is 14.1. The summed E-state index contributed by atoms with van der Waals surface area (Å²) < 4.78 is 0. The predicted octanol–water partition coefficient (Wildman–Crippen LogP) is 2.42. The van der Waals surface area contributed by atoms with Crippen molar-refractivity contribution in [2.24, 2.45) is 11.8 Å². The SMILES string of the molecule is Cc1ccccc1[C@@H]1C[C@H]1C(=O)N1CCC[C@@H](C(=O)O)C1. The third-order valence-corrected chi connectivity index (χ3v) is 4.78. The maximum atomic E-state index is 12.6. The number of carbonyl (C=O) groups excluding carboxylic acids is 1. The number of hydrogen-bond acceptors (Lipinski definition) is 2. The van der Waals surface area contributed by atoms with E-state index in [1.807, 2.05) is 12.1 Å². The molecule has 1 heterocycles. The van der Waals surface area contributed by atoms with Gasteiger partial charge < -0.3 is 10.0 Å². The number of rotatable bonds is 3. The minimum absolute atomic E-state index is 0.0543. The highest BCUT2D eigenvalue weighted by Gasteiger charge is 2.47. The van der Waals surface area contributed by atoms with Crippen LogP contribution in [0.1, 0.15) is 36.3 Å². The van der Waals surface area contributed by atoms with Crippen molar-refractivity contribution in [2.75, 3.05) is 13.1 Å². The molecule has 1 N–H and O–H groups in total. The van der Waals surface area contributed by atoms with Crippen molar-refractivity contribution in [3.8, 4) is 0 Å². The van der Waals surface area contributed by atoms with Crippen molar-refractivity contribution in [3.05, 3.63) is 35.4 Å². The van der Waals surface area contributed by atoms with Gasteiger partial charge >= 0.3 is 5.97 Å². The van der Waals surface area contributed by atoms with E-state index >= 15 is 0 Å². The quantitative estimate of drug-likeness (QED) is 0.929. The van der Waals surface area contributed by atoms with Gasteiger partial charge in [-0.05, 0) is 43.2 Å². The zero-order valence-corrected chi connectivity index (χ0v) is 12.3. The molecule has 1 aromatic carbocycles. The van der Waals surface area contributed by atoms with Gasteiger partial charge in [0, 0.05) is 19.0 Å². The van der Waals surface area contributed by atoms with Gasteiger partial charge in [-0.1, -0.05) is 24.3 Å². The Hall–Kier alpha value is -1.84. The molecule has 1 amide bonds. The Labute approximate surface area is 124 Å². The lowest BCUT2D eigenvalue weighted by atomic mass is 9.97. The minimum atomic E-state index is -0.779.